The van der Waals surface area contributed by atoms with Crippen LogP contribution in [0, 0.1) is 13.8 Å². The first-order valence-corrected chi connectivity index (χ1v) is 8.53. The van der Waals surface area contributed by atoms with Crippen molar-refractivity contribution >= 4 is 23.2 Å². The fourth-order valence-corrected chi connectivity index (χ4v) is 3.38. The Hall–Kier alpha value is -1.63. The minimum Gasteiger partial charge on any atom is -0.357 e. The molecule has 2 N–H and O–H groups in total. The number of rotatable bonds is 4. The molecule has 2 heterocycles. The van der Waals surface area contributed by atoms with Crippen molar-refractivity contribution in [2.24, 2.45) is 4.99 Å². The minimum atomic E-state index is 0.218. The predicted molar refractivity (Wildman–Crippen MR) is 90.2 cm³/mol. The van der Waals surface area contributed by atoms with Crippen molar-refractivity contribution < 1.29 is 4.79 Å². The zero-order valence-electron chi connectivity index (χ0n) is 13.8. The van der Waals surface area contributed by atoms with Gasteiger partial charge >= 0.3 is 0 Å². The zero-order chi connectivity index (χ0) is 16.1. The highest BCUT2D eigenvalue weighted by atomic mass is 32.1. The molecule has 1 aliphatic rings. The number of piperidine rings is 1. The molecule has 1 aromatic rings. The van der Waals surface area contributed by atoms with E-state index in [9.17, 15) is 4.79 Å². The molecule has 1 aliphatic heterocycles. The normalized spacial score (nSPS) is 19.5. The van der Waals surface area contributed by atoms with Crippen molar-refractivity contribution in [3.05, 3.63) is 15.6 Å². The number of hydrogen-bond acceptors (Lipinski definition) is 4. The maximum atomic E-state index is 11.5. The fourth-order valence-electron chi connectivity index (χ4n) is 2.51. The zero-order valence-corrected chi connectivity index (χ0v) is 14.6. The lowest BCUT2D eigenvalue weighted by Crippen LogP contribution is -2.51. The van der Waals surface area contributed by atoms with E-state index in [0.717, 1.165) is 36.2 Å². The summed E-state index contributed by atoms with van der Waals surface area (Å²) in [6, 6.07) is 0.254. The number of aryl methyl sites for hydroxylation is 2. The van der Waals surface area contributed by atoms with Gasteiger partial charge in [0, 0.05) is 37.5 Å². The number of nitrogens with one attached hydrogen (secondary N) is 2. The standard InChI is InChI=1S/C15H25N5OS/c1-5-16-15(17-8-13-10(2)18-11(3)22-13)19-12-6-7-14(21)20(4)9-12/h12H,5-9H2,1-4H3,(H2,16,17,19). The van der Waals surface area contributed by atoms with Crippen LogP contribution in [-0.2, 0) is 11.3 Å². The summed E-state index contributed by atoms with van der Waals surface area (Å²) in [6.07, 6.45) is 1.45. The van der Waals surface area contributed by atoms with Crippen molar-refractivity contribution in [3.8, 4) is 0 Å². The van der Waals surface area contributed by atoms with Gasteiger partial charge in [0.2, 0.25) is 5.91 Å². The summed E-state index contributed by atoms with van der Waals surface area (Å²) in [5.41, 5.74) is 1.06. The van der Waals surface area contributed by atoms with Crippen LogP contribution in [0.15, 0.2) is 4.99 Å². The number of likely N-dealkylation sites (tertiary alicyclic amines) is 1. The van der Waals surface area contributed by atoms with E-state index in [-0.39, 0.29) is 11.9 Å². The van der Waals surface area contributed by atoms with Crippen LogP contribution >= 0.6 is 11.3 Å². The van der Waals surface area contributed by atoms with Crippen LogP contribution < -0.4 is 10.6 Å². The molecule has 0 aromatic carbocycles. The molecule has 0 spiro atoms. The van der Waals surface area contributed by atoms with E-state index in [1.165, 1.54) is 4.88 Å². The highest BCUT2D eigenvalue weighted by Gasteiger charge is 2.23. The monoisotopic (exact) mass is 323 g/mol. The highest BCUT2D eigenvalue weighted by molar-refractivity contribution is 7.11. The van der Waals surface area contributed by atoms with Crippen molar-refractivity contribution in [3.63, 3.8) is 0 Å². The van der Waals surface area contributed by atoms with Gasteiger partial charge in [-0.1, -0.05) is 0 Å². The topological polar surface area (TPSA) is 69.6 Å². The molecule has 2 rings (SSSR count). The van der Waals surface area contributed by atoms with Gasteiger partial charge in [0.1, 0.15) is 0 Å². The Morgan fingerprint density at radius 1 is 1.50 bits per heavy atom. The maximum Gasteiger partial charge on any atom is 0.222 e. The second-order valence-electron chi connectivity index (χ2n) is 5.59. The van der Waals surface area contributed by atoms with E-state index >= 15 is 0 Å². The molecule has 0 bridgehead atoms. The molecule has 1 unspecified atom stereocenters. The second-order valence-corrected chi connectivity index (χ2v) is 6.88. The number of aromatic nitrogens is 1. The second kappa shape index (κ2) is 7.58. The molecule has 122 valence electrons. The number of nitrogens with zero attached hydrogens (tertiary/aromatic N) is 3. The van der Waals surface area contributed by atoms with Crippen molar-refractivity contribution in [2.45, 2.75) is 46.2 Å². The maximum absolute atomic E-state index is 11.5. The Balaban J connectivity index is 1.98. The molecule has 0 saturated carbocycles. The summed E-state index contributed by atoms with van der Waals surface area (Å²) >= 11 is 1.69. The number of amides is 1. The first-order chi connectivity index (χ1) is 10.5. The van der Waals surface area contributed by atoms with E-state index in [1.807, 2.05) is 20.9 Å². The summed E-state index contributed by atoms with van der Waals surface area (Å²) in [5, 5.41) is 7.78. The minimum absolute atomic E-state index is 0.218. The quantitative estimate of drug-likeness (QED) is 0.650. The highest BCUT2D eigenvalue weighted by Crippen LogP contribution is 2.18. The van der Waals surface area contributed by atoms with E-state index in [0.29, 0.717) is 13.0 Å². The van der Waals surface area contributed by atoms with Crippen LogP contribution in [-0.4, -0.2) is 47.9 Å². The number of guanidine groups is 1. The molecule has 1 atom stereocenters. The molecule has 0 aliphatic carbocycles. The van der Waals surface area contributed by atoms with Crippen LogP contribution in [0.1, 0.15) is 35.3 Å². The van der Waals surface area contributed by atoms with Crippen LogP contribution in [0.5, 0.6) is 0 Å². The van der Waals surface area contributed by atoms with Gasteiger partial charge in [-0.25, -0.2) is 9.98 Å². The van der Waals surface area contributed by atoms with Gasteiger partial charge in [0.05, 0.1) is 17.2 Å². The molecular formula is C15H25N5OS. The number of carbonyl (C=O) groups excluding carboxylic acids is 1. The van der Waals surface area contributed by atoms with Crippen molar-refractivity contribution in [1.82, 2.24) is 20.5 Å². The lowest BCUT2D eigenvalue weighted by atomic mass is 10.1. The molecule has 1 saturated heterocycles. The molecule has 1 aromatic heterocycles. The van der Waals surface area contributed by atoms with Crippen LogP contribution in [0.2, 0.25) is 0 Å². The van der Waals surface area contributed by atoms with Gasteiger partial charge in [-0.2, -0.15) is 0 Å². The molecule has 1 amide bonds. The summed E-state index contributed by atoms with van der Waals surface area (Å²) in [6.45, 7) is 8.26. The Labute approximate surface area is 136 Å². The van der Waals surface area contributed by atoms with Gasteiger partial charge in [0.15, 0.2) is 5.96 Å². The van der Waals surface area contributed by atoms with Crippen LogP contribution in [0.4, 0.5) is 0 Å². The van der Waals surface area contributed by atoms with Gasteiger partial charge in [-0.3, -0.25) is 4.79 Å². The average molecular weight is 323 g/mol. The van der Waals surface area contributed by atoms with E-state index in [4.69, 9.17) is 0 Å². The number of carbonyl (C=O) groups is 1. The number of thiazole rings is 1. The Bertz CT molecular complexity index is 554. The van der Waals surface area contributed by atoms with Crippen molar-refractivity contribution in [2.75, 3.05) is 20.1 Å². The van der Waals surface area contributed by atoms with E-state index < -0.39 is 0 Å². The van der Waals surface area contributed by atoms with Gasteiger partial charge in [-0.15, -0.1) is 11.3 Å². The number of hydrogen-bond donors (Lipinski definition) is 2. The van der Waals surface area contributed by atoms with Gasteiger partial charge in [0.25, 0.3) is 0 Å². The Kier molecular flexibility index (Phi) is 5.76. The lowest BCUT2D eigenvalue weighted by molar-refractivity contribution is -0.132. The average Bonchev–Trinajstić information content (AvgIpc) is 2.78. The molecule has 1 fully saturated rings. The Morgan fingerprint density at radius 2 is 2.27 bits per heavy atom. The summed E-state index contributed by atoms with van der Waals surface area (Å²) in [5.74, 6) is 1.02. The fraction of sp³-hybridized carbons (Fsp3) is 0.667. The molecule has 6 nitrogen and oxygen atoms in total. The first-order valence-electron chi connectivity index (χ1n) is 7.71. The molecule has 22 heavy (non-hydrogen) atoms. The molecule has 7 heteroatoms. The van der Waals surface area contributed by atoms with E-state index in [1.54, 1.807) is 16.2 Å². The number of likely N-dealkylation sites (N-methyl/N-ethyl adjacent to an activating group) is 1. The third kappa shape index (κ3) is 4.43. The lowest BCUT2D eigenvalue weighted by Gasteiger charge is -2.31. The summed E-state index contributed by atoms with van der Waals surface area (Å²) in [7, 11) is 1.85. The van der Waals surface area contributed by atoms with Gasteiger partial charge < -0.3 is 15.5 Å². The van der Waals surface area contributed by atoms with Crippen LogP contribution in [0.25, 0.3) is 0 Å². The van der Waals surface area contributed by atoms with E-state index in [2.05, 4.69) is 27.5 Å². The molecule has 0 radical (unpaired) electrons. The van der Waals surface area contributed by atoms with Gasteiger partial charge in [-0.05, 0) is 27.2 Å². The SMILES string of the molecule is CCNC(=NCc1sc(C)nc1C)NC1CCC(=O)N(C)C1. The summed E-state index contributed by atoms with van der Waals surface area (Å²) < 4.78 is 0. The van der Waals surface area contributed by atoms with Crippen LogP contribution in [0.3, 0.4) is 0 Å². The smallest absolute Gasteiger partial charge is 0.222 e. The third-order valence-electron chi connectivity index (χ3n) is 3.69. The largest absolute Gasteiger partial charge is 0.357 e. The number of aliphatic imine (C=N–C) groups is 1. The third-order valence-corrected chi connectivity index (χ3v) is 4.75. The predicted octanol–water partition coefficient (Wildman–Crippen LogP) is 1.44. The molecular weight excluding hydrogens is 298 g/mol. The summed E-state index contributed by atoms with van der Waals surface area (Å²) in [4.78, 5) is 23.6. The van der Waals surface area contributed by atoms with Crippen molar-refractivity contribution in [1.29, 1.82) is 0 Å². The Morgan fingerprint density at radius 3 is 2.86 bits per heavy atom. The first kappa shape index (κ1) is 16.7.